The Bertz CT molecular complexity index is 843. The van der Waals surface area contributed by atoms with Crippen LogP contribution in [-0.2, 0) is 0 Å². The van der Waals surface area contributed by atoms with E-state index in [1.807, 2.05) is 19.1 Å². The summed E-state index contributed by atoms with van der Waals surface area (Å²) >= 11 is 0. The molecule has 0 radical (unpaired) electrons. The van der Waals surface area contributed by atoms with E-state index in [1.165, 1.54) is 0 Å². The molecule has 0 saturated carbocycles. The van der Waals surface area contributed by atoms with Crippen LogP contribution in [0.4, 0.5) is 10.6 Å². The van der Waals surface area contributed by atoms with Crippen molar-refractivity contribution in [2.24, 2.45) is 5.92 Å². The third-order valence-corrected chi connectivity index (χ3v) is 3.97. The molecule has 0 saturated heterocycles. The van der Waals surface area contributed by atoms with Crippen LogP contribution in [-0.4, -0.2) is 32.2 Å². The summed E-state index contributed by atoms with van der Waals surface area (Å²) in [6.07, 6.45) is 5.30. The van der Waals surface area contributed by atoms with E-state index in [-0.39, 0.29) is 12.1 Å². The molecule has 3 rings (SSSR count). The maximum Gasteiger partial charge on any atom is 0.320 e. The molecule has 7 nitrogen and oxygen atoms in total. The van der Waals surface area contributed by atoms with E-state index in [9.17, 15) is 4.79 Å². The molecule has 0 aliphatic heterocycles. The Balaban J connectivity index is 1.81. The number of urea groups is 1. The van der Waals surface area contributed by atoms with E-state index < -0.39 is 0 Å². The molecule has 3 N–H and O–H groups in total. The van der Waals surface area contributed by atoms with Crippen LogP contribution in [0, 0.1) is 5.92 Å². The predicted molar refractivity (Wildman–Crippen MR) is 93.6 cm³/mol. The zero-order valence-electron chi connectivity index (χ0n) is 13.9. The molecule has 0 unspecified atom stereocenters. The molecule has 2 amide bonds. The lowest BCUT2D eigenvalue weighted by atomic mass is 10.1. The van der Waals surface area contributed by atoms with Gasteiger partial charge in [0.05, 0.1) is 17.2 Å². The maximum absolute atomic E-state index is 12.0. The van der Waals surface area contributed by atoms with Crippen molar-refractivity contribution in [3.8, 4) is 11.1 Å². The van der Waals surface area contributed by atoms with Crippen molar-refractivity contribution < 1.29 is 4.79 Å². The number of pyridine rings is 2. The largest absolute Gasteiger partial charge is 0.335 e. The number of aromatic nitrogens is 4. The van der Waals surface area contributed by atoms with Crippen LogP contribution >= 0.6 is 0 Å². The van der Waals surface area contributed by atoms with Gasteiger partial charge in [-0.15, -0.1) is 0 Å². The number of nitrogens with zero attached hydrogens (tertiary/aromatic N) is 3. The molecule has 0 aromatic carbocycles. The minimum absolute atomic E-state index is 0.0832. The molecule has 0 aliphatic rings. The molecule has 0 bridgehead atoms. The van der Waals surface area contributed by atoms with Gasteiger partial charge in [-0.25, -0.2) is 9.78 Å². The van der Waals surface area contributed by atoms with Crippen LogP contribution in [0.1, 0.15) is 20.8 Å². The second kappa shape index (κ2) is 6.66. The Kier molecular flexibility index (Phi) is 4.41. The highest BCUT2D eigenvalue weighted by Crippen LogP contribution is 2.21. The summed E-state index contributed by atoms with van der Waals surface area (Å²) in [5.74, 6) is 0.851. The fourth-order valence-electron chi connectivity index (χ4n) is 2.17. The maximum atomic E-state index is 12.0. The highest BCUT2D eigenvalue weighted by Gasteiger charge is 2.11. The van der Waals surface area contributed by atoms with Gasteiger partial charge < -0.3 is 5.32 Å². The van der Waals surface area contributed by atoms with Gasteiger partial charge in [-0.3, -0.25) is 15.4 Å². The smallest absolute Gasteiger partial charge is 0.320 e. The van der Waals surface area contributed by atoms with E-state index in [0.29, 0.717) is 17.3 Å². The summed E-state index contributed by atoms with van der Waals surface area (Å²) in [5.41, 5.74) is 3.33. The number of H-pyrrole nitrogens is 1. The predicted octanol–water partition coefficient (Wildman–Crippen LogP) is 3.19. The summed E-state index contributed by atoms with van der Waals surface area (Å²) in [6, 6.07) is 5.32. The van der Waals surface area contributed by atoms with Crippen LogP contribution in [0.25, 0.3) is 22.2 Å². The third kappa shape index (κ3) is 3.51. The van der Waals surface area contributed by atoms with Gasteiger partial charge in [0, 0.05) is 29.6 Å². The highest BCUT2D eigenvalue weighted by molar-refractivity contribution is 5.90. The standard InChI is InChI=1S/C17H20N6O/c1-10(2)11(3)21-17(24)23-16-5-4-14-15(22-16)6-12(7-18-14)13-8-19-20-9-13/h4-11H,1-3H3,(H,19,20)(H2,21,22,23,24)/t11-/m1/s1. The quantitative estimate of drug-likeness (QED) is 0.687. The van der Waals surface area contributed by atoms with E-state index >= 15 is 0 Å². The summed E-state index contributed by atoms with van der Waals surface area (Å²) in [5, 5.41) is 12.4. The number of aromatic amines is 1. The van der Waals surface area contributed by atoms with Gasteiger partial charge in [0.25, 0.3) is 0 Å². The Hall–Kier alpha value is -2.96. The molecule has 3 aromatic rings. The average molecular weight is 324 g/mol. The van der Waals surface area contributed by atoms with E-state index in [2.05, 4.69) is 44.6 Å². The second-order valence-corrected chi connectivity index (χ2v) is 6.08. The number of carbonyl (C=O) groups is 1. The number of anilines is 1. The molecule has 3 aromatic heterocycles. The number of hydrogen-bond donors (Lipinski definition) is 3. The Morgan fingerprint density at radius 2 is 1.96 bits per heavy atom. The van der Waals surface area contributed by atoms with Gasteiger partial charge in [-0.1, -0.05) is 13.8 Å². The minimum Gasteiger partial charge on any atom is -0.335 e. The molecule has 7 heteroatoms. The van der Waals surface area contributed by atoms with Crippen molar-refractivity contribution in [2.75, 3.05) is 5.32 Å². The zero-order valence-corrected chi connectivity index (χ0v) is 13.9. The van der Waals surface area contributed by atoms with Crippen molar-refractivity contribution in [1.82, 2.24) is 25.5 Å². The Morgan fingerprint density at radius 1 is 1.12 bits per heavy atom. The average Bonchev–Trinajstić information content (AvgIpc) is 3.08. The van der Waals surface area contributed by atoms with Crippen molar-refractivity contribution in [2.45, 2.75) is 26.8 Å². The molecule has 1 atom stereocenters. The van der Waals surface area contributed by atoms with Crippen molar-refractivity contribution in [3.63, 3.8) is 0 Å². The SMILES string of the molecule is CC(C)[C@@H](C)NC(=O)Nc1ccc2ncc(-c3cn[nH]c3)cc2n1. The number of amides is 2. The van der Waals surface area contributed by atoms with Crippen LogP contribution in [0.5, 0.6) is 0 Å². The number of carbonyl (C=O) groups excluding carboxylic acids is 1. The molecular formula is C17H20N6O. The monoisotopic (exact) mass is 324 g/mol. The molecule has 24 heavy (non-hydrogen) atoms. The molecule has 124 valence electrons. The molecule has 3 heterocycles. The molecular weight excluding hydrogens is 304 g/mol. The summed E-state index contributed by atoms with van der Waals surface area (Å²) in [7, 11) is 0. The lowest BCUT2D eigenvalue weighted by Crippen LogP contribution is -2.39. The zero-order chi connectivity index (χ0) is 17.1. The van der Waals surface area contributed by atoms with Gasteiger partial charge in [0.2, 0.25) is 0 Å². The number of fused-ring (bicyclic) bond motifs is 1. The van der Waals surface area contributed by atoms with Gasteiger partial charge >= 0.3 is 6.03 Å². The third-order valence-electron chi connectivity index (χ3n) is 3.97. The molecule has 0 aliphatic carbocycles. The second-order valence-electron chi connectivity index (χ2n) is 6.08. The van der Waals surface area contributed by atoms with Crippen molar-refractivity contribution in [1.29, 1.82) is 0 Å². The van der Waals surface area contributed by atoms with Crippen LogP contribution < -0.4 is 10.6 Å². The highest BCUT2D eigenvalue weighted by atomic mass is 16.2. The van der Waals surface area contributed by atoms with Crippen LogP contribution in [0.2, 0.25) is 0 Å². The van der Waals surface area contributed by atoms with Gasteiger partial charge in [0.15, 0.2) is 0 Å². The van der Waals surface area contributed by atoms with Crippen molar-refractivity contribution >= 4 is 22.9 Å². The van der Waals surface area contributed by atoms with E-state index in [0.717, 1.165) is 16.6 Å². The van der Waals surface area contributed by atoms with Crippen LogP contribution in [0.15, 0.2) is 36.8 Å². The first-order chi connectivity index (χ1) is 11.5. The van der Waals surface area contributed by atoms with E-state index in [4.69, 9.17) is 0 Å². The first-order valence-corrected chi connectivity index (χ1v) is 7.86. The first kappa shape index (κ1) is 15.9. The van der Waals surface area contributed by atoms with Gasteiger partial charge in [0.1, 0.15) is 5.82 Å². The lowest BCUT2D eigenvalue weighted by molar-refractivity contribution is 0.246. The van der Waals surface area contributed by atoms with Gasteiger partial charge in [-0.05, 0) is 31.0 Å². The first-order valence-electron chi connectivity index (χ1n) is 7.86. The Labute approximate surface area is 139 Å². The molecule has 0 spiro atoms. The van der Waals surface area contributed by atoms with Crippen molar-refractivity contribution in [3.05, 3.63) is 36.8 Å². The summed E-state index contributed by atoms with van der Waals surface area (Å²) < 4.78 is 0. The van der Waals surface area contributed by atoms with E-state index in [1.54, 1.807) is 24.7 Å². The lowest BCUT2D eigenvalue weighted by Gasteiger charge is -2.17. The number of rotatable bonds is 4. The fourth-order valence-corrected chi connectivity index (χ4v) is 2.17. The normalized spacial score (nSPS) is 12.3. The van der Waals surface area contributed by atoms with Crippen LogP contribution in [0.3, 0.4) is 0 Å². The van der Waals surface area contributed by atoms with Gasteiger partial charge in [-0.2, -0.15) is 5.10 Å². The number of nitrogens with one attached hydrogen (secondary N) is 3. The topological polar surface area (TPSA) is 95.6 Å². The molecule has 0 fully saturated rings. The summed E-state index contributed by atoms with van der Waals surface area (Å²) in [6.45, 7) is 6.09. The summed E-state index contributed by atoms with van der Waals surface area (Å²) in [4.78, 5) is 20.9. The number of hydrogen-bond acceptors (Lipinski definition) is 4. The minimum atomic E-state index is -0.262. The fraction of sp³-hybridized carbons (Fsp3) is 0.294. The Morgan fingerprint density at radius 3 is 2.67 bits per heavy atom.